The van der Waals surface area contributed by atoms with Crippen LogP contribution in [0, 0.1) is 12.7 Å². The molecule has 1 saturated heterocycles. The van der Waals surface area contributed by atoms with Crippen molar-refractivity contribution in [2.45, 2.75) is 6.92 Å². The topological polar surface area (TPSA) is 62.1 Å². The molecule has 0 aliphatic carbocycles. The zero-order chi connectivity index (χ0) is 22.2. The molecule has 0 spiro atoms. The van der Waals surface area contributed by atoms with Crippen LogP contribution in [-0.2, 0) is 7.05 Å². The Balaban J connectivity index is 1.42. The molecule has 2 aromatic heterocycles. The van der Waals surface area contributed by atoms with Crippen molar-refractivity contribution in [3.63, 3.8) is 0 Å². The predicted molar refractivity (Wildman–Crippen MR) is 127 cm³/mol. The number of halogens is 2. The van der Waals surface area contributed by atoms with Crippen LogP contribution in [0.15, 0.2) is 48.7 Å². The Morgan fingerprint density at radius 3 is 2.41 bits per heavy atom. The van der Waals surface area contributed by atoms with Gasteiger partial charge in [0.2, 0.25) is 5.95 Å². The highest BCUT2D eigenvalue weighted by Gasteiger charge is 2.22. The summed E-state index contributed by atoms with van der Waals surface area (Å²) in [5, 5.41) is 9.37. The molecule has 0 unspecified atom stereocenters. The van der Waals surface area contributed by atoms with Crippen molar-refractivity contribution in [2.75, 3.05) is 41.3 Å². The first-order valence-corrected chi connectivity index (χ1v) is 10.8. The van der Waals surface area contributed by atoms with Gasteiger partial charge in [-0.15, -0.1) is 0 Å². The third-order valence-corrected chi connectivity index (χ3v) is 6.01. The number of hydrogen-bond donors (Lipinski definition) is 1. The lowest BCUT2D eigenvalue weighted by Gasteiger charge is -2.36. The van der Waals surface area contributed by atoms with Gasteiger partial charge in [-0.1, -0.05) is 11.6 Å². The average molecular weight is 452 g/mol. The van der Waals surface area contributed by atoms with E-state index in [0.717, 1.165) is 54.2 Å². The number of piperazine rings is 1. The lowest BCUT2D eigenvalue weighted by Crippen LogP contribution is -2.47. The molecule has 0 radical (unpaired) electrons. The van der Waals surface area contributed by atoms with E-state index in [0.29, 0.717) is 16.8 Å². The zero-order valence-corrected chi connectivity index (χ0v) is 18.6. The van der Waals surface area contributed by atoms with Gasteiger partial charge in [0.1, 0.15) is 11.6 Å². The summed E-state index contributed by atoms with van der Waals surface area (Å²) < 4.78 is 15.0. The number of nitrogens with zero attached hydrogens (tertiary/aromatic N) is 6. The first kappa shape index (κ1) is 20.5. The van der Waals surface area contributed by atoms with Crippen LogP contribution in [-0.4, -0.2) is 45.9 Å². The van der Waals surface area contributed by atoms with E-state index in [-0.39, 0.29) is 5.82 Å². The number of aromatic nitrogens is 4. The van der Waals surface area contributed by atoms with E-state index in [1.807, 2.05) is 44.3 Å². The molecule has 0 bridgehead atoms. The minimum absolute atomic E-state index is 0.221. The Bertz CT molecular complexity index is 1260. The van der Waals surface area contributed by atoms with Gasteiger partial charge in [-0.05, 0) is 55.0 Å². The Hall–Kier alpha value is -3.39. The van der Waals surface area contributed by atoms with Crippen molar-refractivity contribution in [3.8, 4) is 0 Å². The van der Waals surface area contributed by atoms with Gasteiger partial charge in [-0.2, -0.15) is 15.1 Å². The summed E-state index contributed by atoms with van der Waals surface area (Å²) in [6, 6.07) is 12.4. The number of benzene rings is 2. The van der Waals surface area contributed by atoms with E-state index in [1.54, 1.807) is 10.9 Å². The molecular formula is C23H23ClFN7. The molecule has 0 amide bonds. The number of hydrogen-bond acceptors (Lipinski definition) is 6. The lowest BCUT2D eigenvalue weighted by atomic mass is 10.2. The second-order valence-electron chi connectivity index (χ2n) is 7.91. The van der Waals surface area contributed by atoms with E-state index in [4.69, 9.17) is 21.6 Å². The highest BCUT2D eigenvalue weighted by atomic mass is 35.5. The minimum atomic E-state index is -0.221. The molecule has 0 atom stereocenters. The molecule has 1 aliphatic rings. The van der Waals surface area contributed by atoms with Gasteiger partial charge in [0.05, 0.1) is 11.6 Å². The fourth-order valence-electron chi connectivity index (χ4n) is 3.96. The Labute approximate surface area is 190 Å². The van der Waals surface area contributed by atoms with Gasteiger partial charge in [-0.25, -0.2) is 4.39 Å². The molecule has 1 fully saturated rings. The van der Waals surface area contributed by atoms with Crippen molar-refractivity contribution < 1.29 is 4.39 Å². The average Bonchev–Trinajstić information content (AvgIpc) is 3.17. The van der Waals surface area contributed by atoms with Crippen molar-refractivity contribution in [1.29, 1.82) is 0 Å². The summed E-state index contributed by atoms with van der Waals surface area (Å²) in [6.07, 6.45) is 1.78. The van der Waals surface area contributed by atoms with Crippen LogP contribution in [0.4, 0.5) is 27.5 Å². The fourth-order valence-corrected chi connectivity index (χ4v) is 4.19. The molecule has 32 heavy (non-hydrogen) atoms. The van der Waals surface area contributed by atoms with E-state index < -0.39 is 0 Å². The Morgan fingerprint density at radius 2 is 1.69 bits per heavy atom. The van der Waals surface area contributed by atoms with Gasteiger partial charge in [0.15, 0.2) is 5.65 Å². The van der Waals surface area contributed by atoms with E-state index >= 15 is 0 Å². The van der Waals surface area contributed by atoms with Gasteiger partial charge in [0.25, 0.3) is 0 Å². The molecule has 1 N–H and O–H groups in total. The first-order valence-electron chi connectivity index (χ1n) is 10.5. The number of fused-ring (bicyclic) bond motifs is 1. The smallest absolute Gasteiger partial charge is 0.229 e. The van der Waals surface area contributed by atoms with Crippen LogP contribution >= 0.6 is 11.6 Å². The van der Waals surface area contributed by atoms with Crippen LogP contribution in [0.1, 0.15) is 5.56 Å². The molecule has 1 aliphatic heterocycles. The largest absolute Gasteiger partial charge is 0.368 e. The van der Waals surface area contributed by atoms with Gasteiger partial charge < -0.3 is 15.1 Å². The van der Waals surface area contributed by atoms with Crippen LogP contribution in [0.5, 0.6) is 0 Å². The standard InChI is InChI=1S/C23H23ClFN7/c1-15-13-16(24)3-8-20(15)27-21-19-14-26-30(2)22(19)29-23(28-21)32-11-9-31(10-12-32)18-6-4-17(25)5-7-18/h3-8,13-14H,9-12H2,1-2H3,(H,27,28,29). The number of nitrogens with one attached hydrogen (secondary N) is 1. The predicted octanol–water partition coefficient (Wildman–Crippen LogP) is 4.53. The SMILES string of the molecule is Cc1cc(Cl)ccc1Nc1nc(N2CCN(c3ccc(F)cc3)CC2)nc2c1cnn2C. The van der Waals surface area contributed by atoms with Crippen molar-refractivity contribution in [2.24, 2.45) is 7.05 Å². The van der Waals surface area contributed by atoms with E-state index in [1.165, 1.54) is 12.1 Å². The first-order chi connectivity index (χ1) is 15.5. The van der Waals surface area contributed by atoms with Crippen molar-refractivity contribution in [3.05, 3.63) is 65.1 Å². The molecule has 0 saturated carbocycles. The molecular weight excluding hydrogens is 429 g/mol. The molecule has 2 aromatic carbocycles. The highest BCUT2D eigenvalue weighted by Crippen LogP contribution is 2.29. The normalized spacial score (nSPS) is 14.2. The summed E-state index contributed by atoms with van der Waals surface area (Å²) >= 11 is 6.11. The highest BCUT2D eigenvalue weighted by molar-refractivity contribution is 6.30. The quantitative estimate of drug-likeness (QED) is 0.491. The van der Waals surface area contributed by atoms with Crippen molar-refractivity contribution in [1.82, 2.24) is 19.7 Å². The lowest BCUT2D eigenvalue weighted by molar-refractivity contribution is 0.623. The summed E-state index contributed by atoms with van der Waals surface area (Å²) in [5.74, 6) is 1.15. The Kier molecular flexibility index (Phi) is 5.30. The summed E-state index contributed by atoms with van der Waals surface area (Å²) in [5.41, 5.74) is 3.76. The van der Waals surface area contributed by atoms with Crippen LogP contribution in [0.3, 0.4) is 0 Å². The second-order valence-corrected chi connectivity index (χ2v) is 8.35. The monoisotopic (exact) mass is 451 g/mol. The number of aryl methyl sites for hydroxylation is 2. The van der Waals surface area contributed by atoms with Crippen molar-refractivity contribution >= 4 is 45.8 Å². The van der Waals surface area contributed by atoms with E-state index in [2.05, 4.69) is 20.2 Å². The van der Waals surface area contributed by atoms with Crippen LogP contribution in [0.2, 0.25) is 5.02 Å². The summed E-state index contributed by atoms with van der Waals surface area (Å²) in [7, 11) is 1.88. The second kappa shape index (κ2) is 8.27. The molecule has 7 nitrogen and oxygen atoms in total. The molecule has 3 heterocycles. The summed E-state index contributed by atoms with van der Waals surface area (Å²) in [4.78, 5) is 14.1. The summed E-state index contributed by atoms with van der Waals surface area (Å²) in [6.45, 7) is 5.14. The molecule has 9 heteroatoms. The zero-order valence-electron chi connectivity index (χ0n) is 17.9. The third kappa shape index (κ3) is 3.93. The number of rotatable bonds is 4. The maximum absolute atomic E-state index is 13.2. The minimum Gasteiger partial charge on any atom is -0.368 e. The van der Waals surface area contributed by atoms with Gasteiger partial charge in [0, 0.05) is 49.6 Å². The maximum atomic E-state index is 13.2. The van der Waals surface area contributed by atoms with Gasteiger partial charge in [-0.3, -0.25) is 4.68 Å². The molecule has 4 aromatic rings. The fraction of sp³-hybridized carbons (Fsp3) is 0.261. The van der Waals surface area contributed by atoms with Crippen LogP contribution < -0.4 is 15.1 Å². The number of anilines is 4. The van der Waals surface area contributed by atoms with E-state index in [9.17, 15) is 4.39 Å². The Morgan fingerprint density at radius 1 is 0.969 bits per heavy atom. The molecule has 164 valence electrons. The molecule has 5 rings (SSSR count). The maximum Gasteiger partial charge on any atom is 0.229 e. The van der Waals surface area contributed by atoms with Gasteiger partial charge >= 0.3 is 0 Å². The third-order valence-electron chi connectivity index (χ3n) is 5.78. The van der Waals surface area contributed by atoms with Crippen LogP contribution in [0.25, 0.3) is 11.0 Å².